The summed E-state index contributed by atoms with van der Waals surface area (Å²) in [5.74, 6) is 0.769. The number of ether oxygens (including phenoxy) is 2. The number of rotatable bonds is 6. The molecule has 5 heteroatoms. The van der Waals surface area contributed by atoms with Gasteiger partial charge in [0.25, 0.3) is 0 Å². The van der Waals surface area contributed by atoms with Crippen molar-refractivity contribution in [1.29, 1.82) is 0 Å². The van der Waals surface area contributed by atoms with Crippen LogP contribution in [0.3, 0.4) is 0 Å². The molecule has 7 atom stereocenters. The van der Waals surface area contributed by atoms with E-state index < -0.39 is 0 Å². The Hall–Kier alpha value is -1.43. The zero-order valence-corrected chi connectivity index (χ0v) is 17.4. The van der Waals surface area contributed by atoms with Gasteiger partial charge in [-0.3, -0.25) is 4.79 Å². The topological polar surface area (TPSA) is 63.5 Å². The van der Waals surface area contributed by atoms with Crippen molar-refractivity contribution in [3.05, 3.63) is 35.9 Å². The monoisotopic (exact) mass is 400 g/mol. The number of nitrogens with one attached hydrogen (secondary N) is 1. The molecule has 158 valence electrons. The van der Waals surface area contributed by atoms with E-state index in [9.17, 15) is 9.90 Å². The Morgan fingerprint density at radius 2 is 2.03 bits per heavy atom. The molecule has 1 aromatic rings. The second-order valence-electron chi connectivity index (χ2n) is 10.2. The van der Waals surface area contributed by atoms with Gasteiger partial charge in [0.15, 0.2) is 0 Å². The summed E-state index contributed by atoms with van der Waals surface area (Å²) in [5, 5.41) is 9.60. The first kappa shape index (κ1) is 19.5. The van der Waals surface area contributed by atoms with Crippen LogP contribution >= 0.6 is 0 Å². The van der Waals surface area contributed by atoms with Crippen LogP contribution in [-0.2, 0) is 20.8 Å². The van der Waals surface area contributed by atoms with Crippen LogP contribution in [0.25, 0.3) is 0 Å². The summed E-state index contributed by atoms with van der Waals surface area (Å²) >= 11 is 0. The van der Waals surface area contributed by atoms with Gasteiger partial charge in [-0.15, -0.1) is 0 Å². The molecule has 0 amide bonds. The number of hydrogen-bond acceptors (Lipinski definition) is 4. The van der Waals surface area contributed by atoms with Crippen molar-refractivity contribution >= 4 is 5.97 Å². The van der Waals surface area contributed by atoms with Gasteiger partial charge < -0.3 is 19.5 Å². The van der Waals surface area contributed by atoms with Gasteiger partial charge in [-0.05, 0) is 43.4 Å². The van der Waals surface area contributed by atoms with E-state index in [0.29, 0.717) is 18.4 Å². The fourth-order valence-electron chi connectivity index (χ4n) is 6.81. The van der Waals surface area contributed by atoms with Crippen molar-refractivity contribution in [3.8, 4) is 0 Å². The highest BCUT2D eigenvalue weighted by molar-refractivity contribution is 5.75. The number of fused-ring (bicyclic) bond motifs is 3. The second kappa shape index (κ2) is 7.36. The minimum absolute atomic E-state index is 0.0171. The van der Waals surface area contributed by atoms with E-state index in [-0.39, 0.29) is 35.6 Å². The van der Waals surface area contributed by atoms with E-state index >= 15 is 0 Å². The van der Waals surface area contributed by atoms with Crippen LogP contribution in [0.5, 0.6) is 0 Å². The third-order valence-corrected chi connectivity index (χ3v) is 8.35. The number of hydrogen-bond donors (Lipinski definition) is 2. The van der Waals surface area contributed by atoms with Crippen LogP contribution in [-0.4, -0.2) is 49.1 Å². The molecule has 2 N–H and O–H groups in total. The average Bonchev–Trinajstić information content (AvgIpc) is 3.40. The van der Waals surface area contributed by atoms with Crippen LogP contribution < -0.4 is 4.90 Å². The van der Waals surface area contributed by atoms with Crippen LogP contribution in [0.4, 0.5) is 0 Å². The van der Waals surface area contributed by atoms with Crippen molar-refractivity contribution in [3.63, 3.8) is 0 Å². The number of epoxide rings is 1. The Bertz CT molecular complexity index is 749. The minimum Gasteiger partial charge on any atom is -0.462 e. The first-order valence-electron chi connectivity index (χ1n) is 11.4. The van der Waals surface area contributed by atoms with Crippen LogP contribution in [0, 0.1) is 23.2 Å². The summed E-state index contributed by atoms with van der Waals surface area (Å²) in [6.45, 7) is 5.67. The maximum Gasteiger partial charge on any atom is 0.315 e. The highest BCUT2D eigenvalue weighted by atomic mass is 16.6. The SMILES string of the molecule is C[C@]12CCC[C@]3(CO3)[C@@H]1C[C@H]1[C@@H](C2)OC(=O)[C@@H]1C[NH+](CCO)Cc1ccccc1. The number of quaternary nitrogens is 1. The molecule has 4 fully saturated rings. The minimum atomic E-state index is -0.0625. The molecule has 4 aliphatic rings. The van der Waals surface area contributed by atoms with Gasteiger partial charge in [0.05, 0.1) is 25.4 Å². The molecule has 2 heterocycles. The average molecular weight is 401 g/mol. The van der Waals surface area contributed by atoms with Crippen molar-refractivity contribution in [1.82, 2.24) is 0 Å². The number of benzene rings is 1. The Morgan fingerprint density at radius 1 is 1.24 bits per heavy atom. The van der Waals surface area contributed by atoms with Gasteiger partial charge in [-0.1, -0.05) is 37.3 Å². The van der Waals surface area contributed by atoms with E-state index in [4.69, 9.17) is 9.47 Å². The number of aliphatic hydroxyl groups excluding tert-OH is 1. The molecule has 0 bridgehead atoms. The molecule has 1 aromatic carbocycles. The fraction of sp³-hybridized carbons (Fsp3) is 0.708. The third-order valence-electron chi connectivity index (χ3n) is 8.35. The van der Waals surface area contributed by atoms with Crippen molar-refractivity contribution in [2.75, 3.05) is 26.3 Å². The number of carbonyl (C=O) groups excluding carboxylic acids is 1. The summed E-state index contributed by atoms with van der Waals surface area (Å²) in [5.41, 5.74) is 1.58. The molecule has 0 radical (unpaired) electrons. The maximum absolute atomic E-state index is 12.9. The van der Waals surface area contributed by atoms with Crippen LogP contribution in [0.1, 0.15) is 44.6 Å². The highest BCUT2D eigenvalue weighted by Crippen LogP contribution is 2.62. The van der Waals surface area contributed by atoms with Gasteiger partial charge in [0, 0.05) is 11.5 Å². The second-order valence-corrected chi connectivity index (χ2v) is 10.2. The zero-order chi connectivity index (χ0) is 20.1. The number of aliphatic hydroxyl groups is 1. The standard InChI is InChI=1S/C24H33NO4/c1-23-8-5-9-24(16-28-24)21(23)12-18-19(22(27)29-20(18)13-23)15-25(10-11-26)14-17-6-3-2-4-7-17/h2-4,6-7,18-21,26H,5,8-16H2,1H3/p+1/t18-,19-,20-,21-,23-,24+/m1/s1. The van der Waals surface area contributed by atoms with Gasteiger partial charge >= 0.3 is 5.97 Å². The van der Waals surface area contributed by atoms with Crippen LogP contribution in [0.2, 0.25) is 0 Å². The smallest absolute Gasteiger partial charge is 0.315 e. The predicted molar refractivity (Wildman–Crippen MR) is 108 cm³/mol. The maximum atomic E-state index is 12.9. The van der Waals surface area contributed by atoms with Crippen molar-refractivity contribution in [2.45, 2.75) is 57.3 Å². The fourth-order valence-corrected chi connectivity index (χ4v) is 6.81. The quantitative estimate of drug-likeness (QED) is 0.562. The zero-order valence-electron chi connectivity index (χ0n) is 17.4. The normalized spacial score (nSPS) is 41.5. The van der Waals surface area contributed by atoms with Gasteiger partial charge in [-0.25, -0.2) is 0 Å². The van der Waals surface area contributed by atoms with Gasteiger partial charge in [0.1, 0.15) is 25.1 Å². The van der Waals surface area contributed by atoms with E-state index in [2.05, 4.69) is 19.1 Å². The molecular weight excluding hydrogens is 366 g/mol. The lowest BCUT2D eigenvalue weighted by atomic mass is 9.53. The van der Waals surface area contributed by atoms with E-state index in [1.54, 1.807) is 0 Å². The van der Waals surface area contributed by atoms with Gasteiger partial charge in [-0.2, -0.15) is 0 Å². The van der Waals surface area contributed by atoms with E-state index in [0.717, 1.165) is 32.5 Å². The lowest BCUT2D eigenvalue weighted by Gasteiger charge is -2.51. The Balaban J connectivity index is 1.33. The molecule has 1 spiro atoms. The lowest BCUT2D eigenvalue weighted by molar-refractivity contribution is -0.916. The number of esters is 1. The first-order chi connectivity index (χ1) is 14.0. The highest BCUT2D eigenvalue weighted by Gasteiger charge is 2.65. The largest absolute Gasteiger partial charge is 0.462 e. The van der Waals surface area contributed by atoms with E-state index in [1.165, 1.54) is 29.7 Å². The Morgan fingerprint density at radius 3 is 2.76 bits per heavy atom. The van der Waals surface area contributed by atoms with Gasteiger partial charge in [0.2, 0.25) is 0 Å². The molecule has 1 unspecified atom stereocenters. The Kier molecular flexibility index (Phi) is 4.96. The molecule has 0 aromatic heterocycles. The number of carbonyl (C=O) groups is 1. The Labute approximate surface area is 173 Å². The van der Waals surface area contributed by atoms with Crippen molar-refractivity contribution in [2.24, 2.45) is 23.2 Å². The summed E-state index contributed by atoms with van der Waals surface area (Å²) < 4.78 is 12.0. The van der Waals surface area contributed by atoms with Crippen molar-refractivity contribution < 1.29 is 24.3 Å². The molecule has 2 saturated heterocycles. The molecular formula is C24H34NO4+. The van der Waals surface area contributed by atoms with E-state index in [1.807, 2.05) is 18.2 Å². The summed E-state index contributed by atoms with van der Waals surface area (Å²) in [4.78, 5) is 14.2. The molecule has 2 aliphatic carbocycles. The lowest BCUT2D eigenvalue weighted by Crippen LogP contribution is -3.12. The molecule has 2 saturated carbocycles. The first-order valence-corrected chi connectivity index (χ1v) is 11.4. The summed E-state index contributed by atoms with van der Waals surface area (Å²) in [6.07, 6.45) is 5.74. The molecule has 29 heavy (non-hydrogen) atoms. The van der Waals surface area contributed by atoms with Crippen LogP contribution in [0.15, 0.2) is 30.3 Å². The molecule has 2 aliphatic heterocycles. The third kappa shape index (κ3) is 3.51. The summed E-state index contributed by atoms with van der Waals surface area (Å²) in [7, 11) is 0. The summed E-state index contributed by atoms with van der Waals surface area (Å²) in [6, 6.07) is 10.4. The molecule has 5 rings (SSSR count). The predicted octanol–water partition coefficient (Wildman–Crippen LogP) is 1.59. The molecule has 5 nitrogen and oxygen atoms in total.